The highest BCUT2D eigenvalue weighted by Crippen LogP contribution is 2.38. The van der Waals surface area contributed by atoms with E-state index in [1.807, 2.05) is 12.1 Å². The van der Waals surface area contributed by atoms with Gasteiger partial charge >= 0.3 is 0 Å². The van der Waals surface area contributed by atoms with Crippen molar-refractivity contribution in [1.82, 2.24) is 15.0 Å². The molecule has 21 heavy (non-hydrogen) atoms. The van der Waals surface area contributed by atoms with Crippen LogP contribution in [0.25, 0.3) is 0 Å². The maximum absolute atomic E-state index is 6.24. The minimum atomic E-state index is 0.487. The fourth-order valence-electron chi connectivity index (χ4n) is 2.40. The third-order valence-corrected chi connectivity index (χ3v) is 3.62. The lowest BCUT2D eigenvalue weighted by Crippen LogP contribution is -2.16. The number of hydrogen-bond acceptors (Lipinski definition) is 5. The van der Waals surface area contributed by atoms with Crippen LogP contribution in [-0.4, -0.2) is 28.2 Å². The molecular weight excluding hydrogens is 292 g/mol. The van der Waals surface area contributed by atoms with E-state index in [2.05, 4.69) is 17.2 Å². The summed E-state index contributed by atoms with van der Waals surface area (Å²) in [4.78, 5) is 0. The Balaban J connectivity index is 1.90. The number of nitrogens with zero attached hydrogens (tertiary/aromatic N) is 3. The molecule has 0 bridgehead atoms. The Morgan fingerprint density at radius 2 is 2.14 bits per heavy atom. The topological polar surface area (TPSA) is 75.2 Å². The van der Waals surface area contributed by atoms with Crippen LogP contribution in [0.3, 0.4) is 0 Å². The summed E-state index contributed by atoms with van der Waals surface area (Å²) >= 11 is 6.24. The van der Waals surface area contributed by atoms with Crippen molar-refractivity contribution in [3.05, 3.63) is 28.4 Å². The lowest BCUT2D eigenvalue weighted by molar-refractivity contribution is 0.171. The third-order valence-electron chi connectivity index (χ3n) is 3.34. The highest BCUT2D eigenvalue weighted by atomic mass is 35.5. The van der Waals surface area contributed by atoms with E-state index in [1.54, 1.807) is 4.68 Å². The van der Waals surface area contributed by atoms with Gasteiger partial charge in [0.1, 0.15) is 13.2 Å². The summed E-state index contributed by atoms with van der Waals surface area (Å²) in [6.07, 6.45) is 1.83. The van der Waals surface area contributed by atoms with Gasteiger partial charge in [-0.1, -0.05) is 30.2 Å². The second kappa shape index (κ2) is 5.81. The molecule has 1 aliphatic rings. The van der Waals surface area contributed by atoms with Gasteiger partial charge in [-0.25, -0.2) is 4.68 Å². The van der Waals surface area contributed by atoms with E-state index in [-0.39, 0.29) is 0 Å². The van der Waals surface area contributed by atoms with E-state index in [0.29, 0.717) is 42.1 Å². The minimum Gasteiger partial charge on any atom is -0.486 e. The molecule has 6 nitrogen and oxygen atoms in total. The first-order valence-electron chi connectivity index (χ1n) is 6.95. The zero-order valence-corrected chi connectivity index (χ0v) is 12.6. The van der Waals surface area contributed by atoms with Gasteiger partial charge in [0.2, 0.25) is 0 Å². The first-order valence-corrected chi connectivity index (χ1v) is 7.32. The maximum atomic E-state index is 6.24. The number of nitrogens with two attached hydrogens (primary N) is 1. The fourth-order valence-corrected chi connectivity index (χ4v) is 2.68. The van der Waals surface area contributed by atoms with E-state index in [0.717, 1.165) is 24.1 Å². The van der Waals surface area contributed by atoms with E-state index in [9.17, 15) is 0 Å². The van der Waals surface area contributed by atoms with Crippen molar-refractivity contribution >= 4 is 17.4 Å². The number of hydrogen-bond donors (Lipinski definition) is 1. The van der Waals surface area contributed by atoms with Crippen molar-refractivity contribution in [2.24, 2.45) is 0 Å². The molecule has 0 amide bonds. The Bertz CT molecular complexity index is 657. The van der Waals surface area contributed by atoms with Crippen molar-refractivity contribution in [1.29, 1.82) is 0 Å². The summed E-state index contributed by atoms with van der Waals surface area (Å²) in [6.45, 7) is 3.70. The molecule has 0 radical (unpaired) electrons. The normalized spacial score (nSPS) is 13.4. The number of anilines is 1. The Labute approximate surface area is 127 Å². The first-order chi connectivity index (χ1) is 10.2. The molecule has 2 heterocycles. The Morgan fingerprint density at radius 3 is 2.95 bits per heavy atom. The molecule has 2 N–H and O–H groups in total. The average Bonchev–Trinajstić information content (AvgIpc) is 2.81. The molecule has 1 aromatic heterocycles. The fraction of sp³-hybridized carbons (Fsp3) is 0.429. The number of halogens is 1. The molecule has 0 fully saturated rings. The smallest absolute Gasteiger partial charge is 0.179 e. The number of ether oxygens (including phenoxy) is 2. The van der Waals surface area contributed by atoms with Crippen LogP contribution >= 0.6 is 11.6 Å². The molecule has 0 aliphatic carbocycles. The van der Waals surface area contributed by atoms with Crippen molar-refractivity contribution in [2.45, 2.75) is 26.3 Å². The van der Waals surface area contributed by atoms with E-state index < -0.39 is 0 Å². The average molecular weight is 309 g/mol. The molecule has 2 aromatic rings. The van der Waals surface area contributed by atoms with Gasteiger partial charge in [-0.15, -0.1) is 5.10 Å². The Morgan fingerprint density at radius 1 is 1.33 bits per heavy atom. The van der Waals surface area contributed by atoms with Crippen LogP contribution in [0.2, 0.25) is 5.02 Å². The van der Waals surface area contributed by atoms with Gasteiger partial charge in [-0.3, -0.25) is 0 Å². The molecule has 0 atom stereocenters. The molecule has 1 aromatic carbocycles. The molecule has 0 spiro atoms. The van der Waals surface area contributed by atoms with Crippen LogP contribution in [-0.2, 0) is 13.0 Å². The maximum Gasteiger partial charge on any atom is 0.179 e. The number of benzene rings is 1. The molecule has 3 rings (SSSR count). The standard InChI is InChI=1S/C14H17ClN4O2/c1-2-3-11-14(16)17-18-19(11)8-9-6-10(15)13-12(7-9)20-4-5-21-13/h6-7H,2-5,8,16H2,1H3. The molecule has 0 saturated heterocycles. The van der Waals surface area contributed by atoms with Gasteiger partial charge in [-0.2, -0.15) is 0 Å². The van der Waals surface area contributed by atoms with Gasteiger partial charge in [0, 0.05) is 0 Å². The largest absolute Gasteiger partial charge is 0.486 e. The predicted octanol–water partition coefficient (Wildman–Crippen LogP) is 2.29. The molecule has 1 aliphatic heterocycles. The Hall–Kier alpha value is -1.95. The summed E-state index contributed by atoms with van der Waals surface area (Å²) in [5.41, 5.74) is 7.78. The number of aromatic nitrogens is 3. The minimum absolute atomic E-state index is 0.487. The van der Waals surface area contributed by atoms with E-state index in [4.69, 9.17) is 26.8 Å². The van der Waals surface area contributed by atoms with Gasteiger partial charge in [-0.05, 0) is 24.1 Å². The van der Waals surface area contributed by atoms with Crippen LogP contribution in [0.1, 0.15) is 24.6 Å². The second-order valence-electron chi connectivity index (χ2n) is 4.93. The Kier molecular flexibility index (Phi) is 3.88. The van der Waals surface area contributed by atoms with Crippen LogP contribution in [0.15, 0.2) is 12.1 Å². The molecule has 0 unspecified atom stereocenters. The van der Waals surface area contributed by atoms with Crippen LogP contribution < -0.4 is 15.2 Å². The highest BCUT2D eigenvalue weighted by molar-refractivity contribution is 6.32. The van der Waals surface area contributed by atoms with Gasteiger partial charge in [0.25, 0.3) is 0 Å². The third kappa shape index (κ3) is 2.76. The lowest BCUT2D eigenvalue weighted by atomic mass is 10.1. The summed E-state index contributed by atoms with van der Waals surface area (Å²) in [5.74, 6) is 1.77. The van der Waals surface area contributed by atoms with E-state index >= 15 is 0 Å². The van der Waals surface area contributed by atoms with Gasteiger partial charge in [0.05, 0.1) is 17.3 Å². The predicted molar refractivity (Wildman–Crippen MR) is 80.0 cm³/mol. The quantitative estimate of drug-likeness (QED) is 0.938. The van der Waals surface area contributed by atoms with Crippen LogP contribution in [0, 0.1) is 0 Å². The molecular formula is C14H17ClN4O2. The highest BCUT2D eigenvalue weighted by Gasteiger charge is 2.18. The number of nitrogen functional groups attached to an aromatic ring is 1. The molecule has 112 valence electrons. The van der Waals surface area contributed by atoms with E-state index in [1.165, 1.54) is 0 Å². The number of rotatable bonds is 4. The summed E-state index contributed by atoms with van der Waals surface area (Å²) in [6, 6.07) is 3.79. The molecule has 7 heteroatoms. The van der Waals surface area contributed by atoms with Crippen molar-refractivity contribution in [3.63, 3.8) is 0 Å². The zero-order chi connectivity index (χ0) is 14.8. The van der Waals surface area contributed by atoms with Gasteiger partial charge in [0.15, 0.2) is 17.3 Å². The van der Waals surface area contributed by atoms with Crippen molar-refractivity contribution in [3.8, 4) is 11.5 Å². The van der Waals surface area contributed by atoms with Crippen molar-refractivity contribution < 1.29 is 9.47 Å². The summed E-state index contributed by atoms with van der Waals surface area (Å²) in [7, 11) is 0. The summed E-state index contributed by atoms with van der Waals surface area (Å²) in [5, 5.41) is 8.59. The van der Waals surface area contributed by atoms with Crippen LogP contribution in [0.5, 0.6) is 11.5 Å². The monoisotopic (exact) mass is 308 g/mol. The van der Waals surface area contributed by atoms with Crippen LogP contribution in [0.4, 0.5) is 5.82 Å². The zero-order valence-electron chi connectivity index (χ0n) is 11.8. The molecule has 0 saturated carbocycles. The SMILES string of the molecule is CCCc1c(N)nnn1Cc1cc(Cl)c2c(c1)OCCO2. The van der Waals surface area contributed by atoms with Gasteiger partial charge < -0.3 is 15.2 Å². The lowest BCUT2D eigenvalue weighted by Gasteiger charge is -2.20. The first kappa shape index (κ1) is 14.0. The second-order valence-corrected chi connectivity index (χ2v) is 5.34. The number of fused-ring (bicyclic) bond motifs is 1. The van der Waals surface area contributed by atoms with Crippen molar-refractivity contribution in [2.75, 3.05) is 18.9 Å². The summed E-state index contributed by atoms with van der Waals surface area (Å²) < 4.78 is 12.9.